The highest BCUT2D eigenvalue weighted by molar-refractivity contribution is 6.31. The van der Waals surface area contributed by atoms with E-state index in [9.17, 15) is 23.7 Å². The Bertz CT molecular complexity index is 817. The zero-order chi connectivity index (χ0) is 18.6. The van der Waals surface area contributed by atoms with Crippen LogP contribution in [0.3, 0.4) is 0 Å². The number of nitrogens with zero attached hydrogens (tertiary/aromatic N) is 1. The monoisotopic (exact) mass is 372 g/mol. The number of nitro groups is 1. The van der Waals surface area contributed by atoms with E-state index in [2.05, 4.69) is 10.1 Å². The first kappa shape index (κ1) is 18.4. The second-order valence-electron chi connectivity index (χ2n) is 4.62. The number of nitrogens with one attached hydrogen (secondary N) is 1. The standard InChI is InChI=1S/C15H11ClF2N2O5/c1-24-12-5-3-9(7-13(12)25-15(17)18)19-14(21)10-6-8(16)2-4-11(10)20(22)23/h2-7,15H,1H3,(H,19,21). The molecule has 2 aromatic carbocycles. The molecule has 0 radical (unpaired) electrons. The van der Waals surface area contributed by atoms with Crippen molar-refractivity contribution in [3.63, 3.8) is 0 Å². The molecule has 2 aromatic rings. The van der Waals surface area contributed by atoms with Crippen LogP contribution >= 0.6 is 11.6 Å². The van der Waals surface area contributed by atoms with Gasteiger partial charge in [0.2, 0.25) is 0 Å². The Morgan fingerprint density at radius 1 is 1.24 bits per heavy atom. The number of anilines is 1. The van der Waals surface area contributed by atoms with E-state index in [4.69, 9.17) is 16.3 Å². The minimum Gasteiger partial charge on any atom is -0.493 e. The van der Waals surface area contributed by atoms with Crippen LogP contribution in [0.25, 0.3) is 0 Å². The Hall–Kier alpha value is -2.94. The van der Waals surface area contributed by atoms with Crippen LogP contribution in [0.5, 0.6) is 11.5 Å². The molecule has 0 aliphatic heterocycles. The highest BCUT2D eigenvalue weighted by Gasteiger charge is 2.21. The van der Waals surface area contributed by atoms with E-state index in [0.29, 0.717) is 0 Å². The molecule has 0 bridgehead atoms. The number of hydrogen-bond donors (Lipinski definition) is 1. The Morgan fingerprint density at radius 3 is 2.56 bits per heavy atom. The van der Waals surface area contributed by atoms with Crippen molar-refractivity contribution in [2.24, 2.45) is 0 Å². The molecule has 7 nitrogen and oxygen atoms in total. The minimum atomic E-state index is -3.09. The zero-order valence-electron chi connectivity index (χ0n) is 12.7. The molecule has 0 saturated carbocycles. The zero-order valence-corrected chi connectivity index (χ0v) is 13.4. The van der Waals surface area contributed by atoms with E-state index >= 15 is 0 Å². The smallest absolute Gasteiger partial charge is 0.387 e. The third-order valence-corrected chi connectivity index (χ3v) is 3.27. The average Bonchev–Trinajstić information content (AvgIpc) is 2.54. The lowest BCUT2D eigenvalue weighted by molar-refractivity contribution is -0.385. The predicted octanol–water partition coefficient (Wildman–Crippen LogP) is 4.11. The van der Waals surface area contributed by atoms with Crippen LogP contribution in [0.1, 0.15) is 10.4 Å². The molecule has 25 heavy (non-hydrogen) atoms. The van der Waals surface area contributed by atoms with Gasteiger partial charge >= 0.3 is 6.61 Å². The van der Waals surface area contributed by atoms with E-state index in [-0.39, 0.29) is 27.8 Å². The lowest BCUT2D eigenvalue weighted by atomic mass is 10.1. The Kier molecular flexibility index (Phi) is 5.71. The fourth-order valence-corrected chi connectivity index (χ4v) is 2.16. The predicted molar refractivity (Wildman–Crippen MR) is 85.7 cm³/mol. The van der Waals surface area contributed by atoms with Crippen molar-refractivity contribution < 1.29 is 28.0 Å². The Morgan fingerprint density at radius 2 is 1.96 bits per heavy atom. The van der Waals surface area contributed by atoms with Gasteiger partial charge in [-0.05, 0) is 24.3 Å². The molecular weight excluding hydrogens is 362 g/mol. The number of halogens is 3. The molecular formula is C15H11ClF2N2O5. The third kappa shape index (κ3) is 4.54. The molecule has 0 heterocycles. The summed E-state index contributed by atoms with van der Waals surface area (Å²) in [5.41, 5.74) is -0.639. The summed E-state index contributed by atoms with van der Waals surface area (Å²) in [5.74, 6) is -1.09. The summed E-state index contributed by atoms with van der Waals surface area (Å²) in [6, 6.07) is 7.29. The van der Waals surface area contributed by atoms with Gasteiger partial charge in [0.05, 0.1) is 12.0 Å². The molecule has 1 amide bonds. The van der Waals surface area contributed by atoms with Gasteiger partial charge in [-0.15, -0.1) is 0 Å². The van der Waals surface area contributed by atoms with Crippen molar-refractivity contribution >= 4 is 28.9 Å². The summed E-state index contributed by atoms with van der Waals surface area (Å²) in [6.07, 6.45) is 0. The lowest BCUT2D eigenvalue weighted by Gasteiger charge is -2.12. The van der Waals surface area contributed by atoms with Crippen molar-refractivity contribution in [2.45, 2.75) is 6.61 Å². The van der Waals surface area contributed by atoms with Gasteiger partial charge in [-0.1, -0.05) is 11.6 Å². The number of carbonyl (C=O) groups is 1. The summed E-state index contributed by atoms with van der Waals surface area (Å²) < 4.78 is 34.0. The number of ether oxygens (including phenoxy) is 2. The van der Waals surface area contributed by atoms with Gasteiger partial charge in [0.1, 0.15) is 5.56 Å². The number of rotatable bonds is 6. The van der Waals surface area contributed by atoms with E-state index in [0.717, 1.165) is 18.2 Å². The number of alkyl halides is 2. The SMILES string of the molecule is COc1ccc(NC(=O)c2cc(Cl)ccc2[N+](=O)[O-])cc1OC(F)F. The van der Waals surface area contributed by atoms with E-state index in [1.807, 2.05) is 0 Å². The summed E-state index contributed by atoms with van der Waals surface area (Å²) in [4.78, 5) is 22.6. The Balaban J connectivity index is 2.32. The lowest BCUT2D eigenvalue weighted by Crippen LogP contribution is -2.14. The molecule has 0 aliphatic rings. The fourth-order valence-electron chi connectivity index (χ4n) is 1.99. The van der Waals surface area contributed by atoms with Crippen LogP contribution < -0.4 is 14.8 Å². The molecule has 0 saturated heterocycles. The Labute approximate surface area is 145 Å². The highest BCUT2D eigenvalue weighted by Crippen LogP contribution is 2.32. The number of hydrogen-bond acceptors (Lipinski definition) is 5. The maximum atomic E-state index is 12.4. The van der Waals surface area contributed by atoms with Crippen molar-refractivity contribution in [3.05, 3.63) is 57.1 Å². The van der Waals surface area contributed by atoms with E-state index < -0.39 is 23.1 Å². The highest BCUT2D eigenvalue weighted by atomic mass is 35.5. The van der Waals surface area contributed by atoms with Gasteiger partial charge in [-0.25, -0.2) is 0 Å². The van der Waals surface area contributed by atoms with Crippen LogP contribution in [0.4, 0.5) is 20.2 Å². The summed E-state index contributed by atoms with van der Waals surface area (Å²) >= 11 is 5.77. The molecule has 0 aromatic heterocycles. The number of nitro benzene ring substituents is 1. The second-order valence-corrected chi connectivity index (χ2v) is 5.05. The van der Waals surface area contributed by atoms with Gasteiger partial charge in [0, 0.05) is 22.8 Å². The molecule has 0 atom stereocenters. The van der Waals surface area contributed by atoms with Crippen molar-refractivity contribution in [1.29, 1.82) is 0 Å². The minimum absolute atomic E-state index is 0.0343. The molecule has 0 spiro atoms. The van der Waals surface area contributed by atoms with Crippen molar-refractivity contribution in [2.75, 3.05) is 12.4 Å². The van der Waals surface area contributed by atoms with Crippen LogP contribution in [0, 0.1) is 10.1 Å². The maximum Gasteiger partial charge on any atom is 0.387 e. The van der Waals surface area contributed by atoms with Crippen molar-refractivity contribution in [3.8, 4) is 11.5 Å². The maximum absolute atomic E-state index is 12.4. The third-order valence-electron chi connectivity index (χ3n) is 3.04. The van der Waals surface area contributed by atoms with Crippen LogP contribution in [-0.4, -0.2) is 24.6 Å². The van der Waals surface area contributed by atoms with Crippen LogP contribution in [-0.2, 0) is 0 Å². The van der Waals surface area contributed by atoms with Gasteiger partial charge in [-0.2, -0.15) is 8.78 Å². The van der Waals surface area contributed by atoms with Gasteiger partial charge in [0.25, 0.3) is 11.6 Å². The number of amides is 1. The number of carbonyl (C=O) groups excluding carboxylic acids is 1. The van der Waals surface area contributed by atoms with E-state index in [1.165, 1.54) is 25.3 Å². The normalized spacial score (nSPS) is 10.4. The average molecular weight is 373 g/mol. The van der Waals surface area contributed by atoms with Crippen LogP contribution in [0.15, 0.2) is 36.4 Å². The van der Waals surface area contributed by atoms with Gasteiger partial charge in [-0.3, -0.25) is 14.9 Å². The molecule has 0 aliphatic carbocycles. The van der Waals surface area contributed by atoms with Crippen molar-refractivity contribution in [1.82, 2.24) is 0 Å². The van der Waals surface area contributed by atoms with Gasteiger partial charge in [0.15, 0.2) is 11.5 Å². The molecule has 1 N–H and O–H groups in total. The molecule has 10 heteroatoms. The molecule has 0 unspecified atom stereocenters. The first-order valence-corrected chi connectivity index (χ1v) is 7.07. The summed E-state index contributed by atoms with van der Waals surface area (Å²) in [6.45, 7) is -3.09. The fraction of sp³-hybridized carbons (Fsp3) is 0.133. The summed E-state index contributed by atoms with van der Waals surface area (Å²) in [5, 5.41) is 13.5. The first-order chi connectivity index (χ1) is 11.8. The second kappa shape index (κ2) is 7.75. The molecule has 2 rings (SSSR count). The molecule has 0 fully saturated rings. The number of benzene rings is 2. The van der Waals surface area contributed by atoms with E-state index in [1.54, 1.807) is 0 Å². The van der Waals surface area contributed by atoms with Gasteiger partial charge < -0.3 is 14.8 Å². The van der Waals surface area contributed by atoms with Crippen LogP contribution in [0.2, 0.25) is 5.02 Å². The molecule has 132 valence electrons. The largest absolute Gasteiger partial charge is 0.493 e. The quantitative estimate of drug-likeness (QED) is 0.608. The topological polar surface area (TPSA) is 90.7 Å². The summed E-state index contributed by atoms with van der Waals surface area (Å²) in [7, 11) is 1.27. The first-order valence-electron chi connectivity index (χ1n) is 6.70. The number of methoxy groups -OCH3 is 1.